The molecule has 1 heterocycles. The van der Waals surface area contributed by atoms with Crippen LogP contribution in [0.15, 0.2) is 0 Å². The number of aryl methyl sites for hydroxylation is 1. The monoisotopic (exact) mass is 199 g/mol. The van der Waals surface area contributed by atoms with E-state index in [9.17, 15) is 9.59 Å². The van der Waals surface area contributed by atoms with E-state index < -0.39 is 11.8 Å². The first-order valence-electron chi connectivity index (χ1n) is 3.65. The number of nitrogens with zero attached hydrogens (tertiary/aromatic N) is 1. The van der Waals surface area contributed by atoms with Crippen molar-refractivity contribution in [2.45, 2.75) is 13.3 Å². The quantitative estimate of drug-likeness (QED) is 0.711. The van der Waals surface area contributed by atoms with E-state index in [0.29, 0.717) is 11.4 Å². The number of rotatable bonds is 3. The van der Waals surface area contributed by atoms with Crippen molar-refractivity contribution in [1.29, 1.82) is 0 Å². The van der Waals surface area contributed by atoms with Gasteiger partial charge in [-0.3, -0.25) is 9.59 Å². The van der Waals surface area contributed by atoms with E-state index in [4.69, 9.17) is 11.5 Å². The first-order chi connectivity index (χ1) is 6.06. The van der Waals surface area contributed by atoms with E-state index in [2.05, 4.69) is 4.98 Å². The van der Waals surface area contributed by atoms with Crippen molar-refractivity contribution >= 4 is 23.2 Å². The van der Waals surface area contributed by atoms with E-state index in [1.807, 2.05) is 6.92 Å². The molecule has 70 valence electrons. The van der Waals surface area contributed by atoms with E-state index >= 15 is 0 Å². The van der Waals surface area contributed by atoms with E-state index in [-0.39, 0.29) is 10.6 Å². The molecule has 0 unspecified atom stereocenters. The third-order valence-corrected chi connectivity index (χ3v) is 2.65. The Morgan fingerprint density at radius 2 is 2.00 bits per heavy atom. The third kappa shape index (κ3) is 1.83. The van der Waals surface area contributed by atoms with Crippen LogP contribution in [0.2, 0.25) is 0 Å². The van der Waals surface area contributed by atoms with Gasteiger partial charge in [0.1, 0.15) is 4.88 Å². The molecule has 0 aliphatic carbocycles. The Bertz CT molecular complexity index is 327. The molecule has 0 radical (unpaired) electrons. The predicted molar refractivity (Wildman–Crippen MR) is 48.5 cm³/mol. The number of hydrogen-bond donors (Lipinski definition) is 2. The van der Waals surface area contributed by atoms with Gasteiger partial charge < -0.3 is 11.5 Å². The van der Waals surface area contributed by atoms with Crippen LogP contribution < -0.4 is 11.5 Å². The van der Waals surface area contributed by atoms with Crippen LogP contribution in [0.4, 0.5) is 0 Å². The number of aromatic nitrogens is 1. The molecular weight excluding hydrogens is 190 g/mol. The minimum Gasteiger partial charge on any atom is -0.365 e. The van der Waals surface area contributed by atoms with E-state index in [1.165, 1.54) is 0 Å². The van der Waals surface area contributed by atoms with Gasteiger partial charge in [0.2, 0.25) is 0 Å². The fourth-order valence-corrected chi connectivity index (χ4v) is 1.71. The van der Waals surface area contributed by atoms with Crippen LogP contribution in [0, 0.1) is 0 Å². The van der Waals surface area contributed by atoms with Gasteiger partial charge in [0.05, 0.1) is 5.01 Å². The number of carbonyl (C=O) groups excluding carboxylic acids is 2. The Balaban J connectivity index is 3.23. The minimum absolute atomic E-state index is 0.0191. The van der Waals surface area contributed by atoms with Gasteiger partial charge in [-0.1, -0.05) is 6.92 Å². The van der Waals surface area contributed by atoms with Gasteiger partial charge in [0.15, 0.2) is 5.69 Å². The smallest absolute Gasteiger partial charge is 0.269 e. The van der Waals surface area contributed by atoms with Crippen molar-refractivity contribution < 1.29 is 9.59 Å². The van der Waals surface area contributed by atoms with Crippen LogP contribution in [0.5, 0.6) is 0 Å². The van der Waals surface area contributed by atoms with Gasteiger partial charge in [-0.2, -0.15) is 0 Å². The standard InChI is InChI=1S/C7H9N3O2S/c1-2-3-10-4(6(8)11)5(13-3)7(9)12/h2H2,1H3,(H2,8,11)(H2,9,12). The molecule has 2 amide bonds. The lowest BCUT2D eigenvalue weighted by Crippen LogP contribution is -2.19. The highest BCUT2D eigenvalue weighted by molar-refractivity contribution is 7.14. The van der Waals surface area contributed by atoms with Crippen LogP contribution >= 0.6 is 11.3 Å². The summed E-state index contributed by atoms with van der Waals surface area (Å²) >= 11 is 1.11. The zero-order valence-corrected chi connectivity index (χ0v) is 7.85. The Kier molecular flexibility index (Phi) is 2.62. The Morgan fingerprint density at radius 3 is 2.31 bits per heavy atom. The van der Waals surface area contributed by atoms with Gasteiger partial charge in [0.25, 0.3) is 11.8 Å². The van der Waals surface area contributed by atoms with Gasteiger partial charge in [-0.05, 0) is 6.42 Å². The summed E-state index contributed by atoms with van der Waals surface area (Å²) in [6.45, 7) is 1.87. The lowest BCUT2D eigenvalue weighted by atomic mass is 10.3. The van der Waals surface area contributed by atoms with Crippen molar-refractivity contribution in [1.82, 2.24) is 4.98 Å². The van der Waals surface area contributed by atoms with Crippen molar-refractivity contribution in [3.63, 3.8) is 0 Å². The van der Waals surface area contributed by atoms with Crippen LogP contribution in [0.1, 0.15) is 32.1 Å². The van der Waals surface area contributed by atoms with Crippen LogP contribution in [-0.2, 0) is 6.42 Å². The minimum atomic E-state index is -0.718. The molecule has 13 heavy (non-hydrogen) atoms. The fourth-order valence-electron chi connectivity index (χ4n) is 0.850. The molecule has 0 saturated carbocycles. The molecule has 0 bridgehead atoms. The lowest BCUT2D eigenvalue weighted by Gasteiger charge is -1.90. The molecule has 1 aromatic rings. The van der Waals surface area contributed by atoms with Crippen molar-refractivity contribution in [2.24, 2.45) is 11.5 Å². The van der Waals surface area contributed by atoms with Crippen LogP contribution in [0.3, 0.4) is 0 Å². The fraction of sp³-hybridized carbons (Fsp3) is 0.286. The molecule has 0 aromatic carbocycles. The second-order valence-corrected chi connectivity index (χ2v) is 3.45. The second-order valence-electron chi connectivity index (χ2n) is 2.37. The highest BCUT2D eigenvalue weighted by atomic mass is 32.1. The normalized spacial score (nSPS) is 9.92. The van der Waals surface area contributed by atoms with E-state index in [0.717, 1.165) is 11.3 Å². The maximum Gasteiger partial charge on any atom is 0.269 e. The number of nitrogens with two attached hydrogens (primary N) is 2. The first-order valence-corrected chi connectivity index (χ1v) is 4.47. The van der Waals surface area contributed by atoms with Gasteiger partial charge in [0, 0.05) is 0 Å². The maximum atomic E-state index is 10.8. The molecule has 6 heteroatoms. The molecule has 1 aromatic heterocycles. The summed E-state index contributed by atoms with van der Waals surface area (Å²) in [5.74, 6) is -1.38. The number of primary amides is 2. The number of hydrogen-bond acceptors (Lipinski definition) is 4. The second kappa shape index (κ2) is 3.53. The Labute approximate surface area is 78.8 Å². The SMILES string of the molecule is CCc1nc(C(N)=O)c(C(N)=O)s1. The molecule has 0 aliphatic rings. The van der Waals surface area contributed by atoms with Crippen molar-refractivity contribution in [2.75, 3.05) is 0 Å². The molecule has 0 atom stereocenters. The van der Waals surface area contributed by atoms with E-state index in [1.54, 1.807) is 0 Å². The lowest BCUT2D eigenvalue weighted by molar-refractivity contribution is 0.0967. The zero-order valence-electron chi connectivity index (χ0n) is 7.03. The summed E-state index contributed by atoms with van der Waals surface area (Å²) in [7, 11) is 0. The first kappa shape index (κ1) is 9.66. The zero-order chi connectivity index (χ0) is 10.0. The predicted octanol–water partition coefficient (Wildman–Crippen LogP) is -0.0967. The summed E-state index contributed by atoms with van der Waals surface area (Å²) in [4.78, 5) is 25.7. The number of thiazole rings is 1. The summed E-state index contributed by atoms with van der Waals surface area (Å²) in [6, 6.07) is 0. The largest absolute Gasteiger partial charge is 0.365 e. The summed E-state index contributed by atoms with van der Waals surface area (Å²) < 4.78 is 0. The van der Waals surface area contributed by atoms with Crippen molar-refractivity contribution in [3.8, 4) is 0 Å². The summed E-state index contributed by atoms with van der Waals surface area (Å²) in [5.41, 5.74) is 10.0. The average molecular weight is 199 g/mol. The summed E-state index contributed by atoms with van der Waals surface area (Å²) in [5, 5.41) is 0.683. The molecule has 5 nitrogen and oxygen atoms in total. The summed E-state index contributed by atoms with van der Waals surface area (Å²) in [6.07, 6.45) is 0.651. The average Bonchev–Trinajstić information content (AvgIpc) is 2.47. The Hall–Kier alpha value is -1.43. The van der Waals surface area contributed by atoms with Crippen molar-refractivity contribution in [3.05, 3.63) is 15.6 Å². The molecular formula is C7H9N3O2S. The highest BCUT2D eigenvalue weighted by Crippen LogP contribution is 2.17. The van der Waals surface area contributed by atoms with Crippen LogP contribution in [-0.4, -0.2) is 16.8 Å². The number of carbonyl (C=O) groups is 2. The topological polar surface area (TPSA) is 99.1 Å². The molecule has 0 saturated heterocycles. The van der Waals surface area contributed by atoms with Gasteiger partial charge >= 0.3 is 0 Å². The molecule has 1 rings (SSSR count). The van der Waals surface area contributed by atoms with Crippen LogP contribution in [0.25, 0.3) is 0 Å². The maximum absolute atomic E-state index is 10.8. The molecule has 0 aliphatic heterocycles. The third-order valence-electron chi connectivity index (χ3n) is 1.43. The molecule has 4 N–H and O–H groups in total. The van der Waals surface area contributed by atoms with Gasteiger partial charge in [-0.25, -0.2) is 4.98 Å². The molecule has 0 fully saturated rings. The van der Waals surface area contributed by atoms with Gasteiger partial charge in [-0.15, -0.1) is 11.3 Å². The molecule has 0 spiro atoms. The highest BCUT2D eigenvalue weighted by Gasteiger charge is 2.18. The number of amides is 2. The Morgan fingerprint density at radius 1 is 1.38 bits per heavy atom.